The number of nitrogens with zero attached hydrogens (tertiary/aromatic N) is 5. The number of pyridine rings is 2. The highest BCUT2D eigenvalue weighted by atomic mass is 19.4. The van der Waals surface area contributed by atoms with Crippen LogP contribution in [0.5, 0.6) is 0 Å². The molecule has 0 amide bonds. The van der Waals surface area contributed by atoms with Crippen LogP contribution in [-0.4, -0.2) is 19.9 Å². The van der Waals surface area contributed by atoms with Crippen LogP contribution in [0.25, 0.3) is 11.4 Å². The highest BCUT2D eigenvalue weighted by Gasteiger charge is 2.41. The number of halogens is 6. The summed E-state index contributed by atoms with van der Waals surface area (Å²) in [6, 6.07) is 6.02. The zero-order chi connectivity index (χ0) is 21.9. The van der Waals surface area contributed by atoms with Gasteiger partial charge in [-0.05, 0) is 18.2 Å². The normalized spacial score (nSPS) is 11.8. The summed E-state index contributed by atoms with van der Waals surface area (Å²) in [5.41, 5.74) is -3.71. The molecule has 0 saturated carbocycles. The van der Waals surface area contributed by atoms with Crippen molar-refractivity contribution in [3.63, 3.8) is 0 Å². The maximum Gasteiger partial charge on any atom is 0.433 e. The van der Waals surface area contributed by atoms with Crippen LogP contribution in [0, 0.1) is 11.3 Å². The third-order valence-electron chi connectivity index (χ3n) is 3.83. The molecule has 1 N–H and O–H groups in total. The van der Waals surface area contributed by atoms with Crippen molar-refractivity contribution < 1.29 is 26.3 Å². The van der Waals surface area contributed by atoms with Gasteiger partial charge in [-0.2, -0.15) is 31.6 Å². The molecule has 3 aromatic rings. The number of hydrogen-bond donors (Lipinski definition) is 1. The van der Waals surface area contributed by atoms with Crippen molar-refractivity contribution >= 4 is 5.82 Å². The number of nitriles is 1. The minimum absolute atomic E-state index is 0.188. The van der Waals surface area contributed by atoms with Gasteiger partial charge in [0, 0.05) is 18.6 Å². The van der Waals surface area contributed by atoms with Crippen molar-refractivity contribution in [1.82, 2.24) is 19.9 Å². The molecule has 6 nitrogen and oxygen atoms in total. The van der Waals surface area contributed by atoms with Crippen LogP contribution in [0.4, 0.5) is 32.2 Å². The Balaban J connectivity index is 2.03. The van der Waals surface area contributed by atoms with Gasteiger partial charge in [-0.15, -0.1) is 0 Å². The molecule has 0 radical (unpaired) electrons. The number of alkyl halides is 6. The lowest BCUT2D eigenvalue weighted by Gasteiger charge is -2.16. The van der Waals surface area contributed by atoms with E-state index in [2.05, 4.69) is 25.3 Å². The van der Waals surface area contributed by atoms with Crippen LogP contribution in [0.2, 0.25) is 0 Å². The molecule has 12 heteroatoms. The second-order valence-electron chi connectivity index (χ2n) is 5.81. The van der Waals surface area contributed by atoms with E-state index in [0.29, 0.717) is 5.69 Å². The maximum atomic E-state index is 13.2. The highest BCUT2D eigenvalue weighted by molar-refractivity contribution is 5.60. The Morgan fingerprint density at radius 3 is 2.27 bits per heavy atom. The molecule has 0 spiro atoms. The molecule has 3 aromatic heterocycles. The Labute approximate surface area is 165 Å². The molecule has 0 aliphatic rings. The molecule has 0 aliphatic heterocycles. The number of aromatic nitrogens is 4. The molecule has 0 saturated heterocycles. The van der Waals surface area contributed by atoms with Gasteiger partial charge in [-0.25, -0.2) is 4.98 Å². The summed E-state index contributed by atoms with van der Waals surface area (Å²) in [6.45, 7) is -0.347. The van der Waals surface area contributed by atoms with E-state index >= 15 is 0 Å². The van der Waals surface area contributed by atoms with Crippen LogP contribution in [-0.2, 0) is 18.9 Å². The lowest BCUT2D eigenvalue weighted by molar-refractivity contribution is -0.145. The van der Waals surface area contributed by atoms with E-state index in [-0.39, 0.29) is 24.0 Å². The molecule has 154 valence electrons. The largest absolute Gasteiger partial charge is 0.433 e. The molecule has 3 heterocycles. The van der Waals surface area contributed by atoms with Gasteiger partial charge in [0.25, 0.3) is 0 Å². The highest BCUT2D eigenvalue weighted by Crippen LogP contribution is 2.38. The van der Waals surface area contributed by atoms with Gasteiger partial charge >= 0.3 is 12.4 Å². The van der Waals surface area contributed by atoms with Crippen molar-refractivity contribution in [1.29, 1.82) is 5.26 Å². The molecular weight excluding hydrogens is 414 g/mol. The second-order valence-corrected chi connectivity index (χ2v) is 5.81. The Morgan fingerprint density at radius 1 is 0.933 bits per heavy atom. The van der Waals surface area contributed by atoms with Crippen molar-refractivity contribution in [2.24, 2.45) is 0 Å². The summed E-state index contributed by atoms with van der Waals surface area (Å²) in [5.74, 6) is -0.864. The van der Waals surface area contributed by atoms with E-state index < -0.39 is 35.0 Å². The molecule has 0 bridgehead atoms. The van der Waals surface area contributed by atoms with Gasteiger partial charge in [0.2, 0.25) is 0 Å². The van der Waals surface area contributed by atoms with E-state index in [0.717, 1.165) is 0 Å². The number of hydrogen-bond acceptors (Lipinski definition) is 6. The van der Waals surface area contributed by atoms with Crippen molar-refractivity contribution in [2.45, 2.75) is 18.9 Å². The number of anilines is 1. The summed E-state index contributed by atoms with van der Waals surface area (Å²) in [6.07, 6.45) is -6.18. The predicted octanol–water partition coefficient (Wildman–Crippen LogP) is 4.45. The fraction of sp³-hybridized carbons (Fsp3) is 0.167. The van der Waals surface area contributed by atoms with E-state index in [9.17, 15) is 26.3 Å². The Kier molecular flexibility index (Phi) is 5.55. The minimum Gasteiger partial charge on any atom is -0.363 e. The van der Waals surface area contributed by atoms with Crippen LogP contribution < -0.4 is 5.32 Å². The molecular formula is C18H10F6N6. The van der Waals surface area contributed by atoms with Gasteiger partial charge < -0.3 is 5.32 Å². The van der Waals surface area contributed by atoms with E-state index in [1.165, 1.54) is 24.7 Å². The molecule has 0 aromatic carbocycles. The minimum atomic E-state index is -5.18. The average Bonchev–Trinajstić information content (AvgIpc) is 2.71. The second kappa shape index (κ2) is 7.94. The van der Waals surface area contributed by atoms with Gasteiger partial charge in [-0.3, -0.25) is 15.0 Å². The van der Waals surface area contributed by atoms with Crippen LogP contribution in [0.3, 0.4) is 0 Å². The smallest absolute Gasteiger partial charge is 0.363 e. The van der Waals surface area contributed by atoms with Crippen LogP contribution in [0.15, 0.2) is 42.9 Å². The van der Waals surface area contributed by atoms with E-state index in [4.69, 9.17) is 5.26 Å². The van der Waals surface area contributed by atoms with Gasteiger partial charge in [0.1, 0.15) is 28.8 Å². The molecule has 0 aliphatic carbocycles. The van der Waals surface area contributed by atoms with Crippen LogP contribution >= 0.6 is 0 Å². The average molecular weight is 424 g/mol. The van der Waals surface area contributed by atoms with Crippen molar-refractivity contribution in [3.8, 4) is 17.5 Å². The Bertz CT molecular complexity index is 1090. The first-order valence-corrected chi connectivity index (χ1v) is 8.16. The monoisotopic (exact) mass is 424 g/mol. The van der Waals surface area contributed by atoms with E-state index in [1.807, 2.05) is 0 Å². The number of rotatable bonds is 4. The van der Waals surface area contributed by atoms with Gasteiger partial charge in [-0.1, -0.05) is 6.07 Å². The molecule has 0 fully saturated rings. The predicted molar refractivity (Wildman–Crippen MR) is 91.5 cm³/mol. The standard InChI is InChI=1S/C18H10F6N6/c19-17(20,21)11-7-14(18(22,23)24)30-16(10(11)8-25)29-9-13-15(28-6-5-27-13)12-3-1-2-4-26-12/h1-7H,9H2,(H,29,30). The first-order chi connectivity index (χ1) is 14.1. The summed E-state index contributed by atoms with van der Waals surface area (Å²) in [5, 5.41) is 11.5. The first kappa shape index (κ1) is 21.0. The van der Waals surface area contributed by atoms with Gasteiger partial charge in [0.05, 0.1) is 23.5 Å². The zero-order valence-electron chi connectivity index (χ0n) is 14.8. The lowest BCUT2D eigenvalue weighted by atomic mass is 10.1. The van der Waals surface area contributed by atoms with Gasteiger partial charge in [0.15, 0.2) is 0 Å². The third kappa shape index (κ3) is 4.45. The Hall–Kier alpha value is -3.75. The van der Waals surface area contributed by atoms with Crippen molar-refractivity contribution in [2.75, 3.05) is 5.32 Å². The maximum absolute atomic E-state index is 13.2. The summed E-state index contributed by atoms with van der Waals surface area (Å²) >= 11 is 0. The first-order valence-electron chi connectivity index (χ1n) is 8.16. The topological polar surface area (TPSA) is 87.4 Å². The quantitative estimate of drug-likeness (QED) is 0.623. The third-order valence-corrected chi connectivity index (χ3v) is 3.83. The molecule has 30 heavy (non-hydrogen) atoms. The summed E-state index contributed by atoms with van der Waals surface area (Å²) in [7, 11) is 0. The Morgan fingerprint density at radius 2 is 1.67 bits per heavy atom. The van der Waals surface area contributed by atoms with Crippen molar-refractivity contribution in [3.05, 3.63) is 65.4 Å². The fourth-order valence-corrected chi connectivity index (χ4v) is 2.54. The molecule has 3 rings (SSSR count). The lowest BCUT2D eigenvalue weighted by Crippen LogP contribution is -2.18. The summed E-state index contributed by atoms with van der Waals surface area (Å²) in [4.78, 5) is 15.4. The SMILES string of the molecule is N#Cc1c(C(F)(F)F)cc(C(F)(F)F)nc1NCc1nccnc1-c1ccccn1. The number of nitrogens with one attached hydrogen (secondary N) is 1. The zero-order valence-corrected chi connectivity index (χ0v) is 14.8. The molecule has 0 atom stereocenters. The molecule has 0 unspecified atom stereocenters. The van der Waals surface area contributed by atoms with Crippen LogP contribution in [0.1, 0.15) is 22.5 Å². The van der Waals surface area contributed by atoms with E-state index in [1.54, 1.807) is 18.2 Å². The summed E-state index contributed by atoms with van der Waals surface area (Å²) < 4.78 is 78.8. The fourth-order valence-electron chi connectivity index (χ4n) is 2.54.